The number of thioether (sulfide) groups is 1. The maximum atomic E-state index is 13.2. The lowest BCUT2D eigenvalue weighted by molar-refractivity contribution is -0.141. The highest BCUT2D eigenvalue weighted by atomic mass is 32.2. The van der Waals surface area contributed by atoms with Gasteiger partial charge in [0, 0.05) is 12.7 Å². The van der Waals surface area contributed by atoms with Crippen LogP contribution in [0.5, 0.6) is 0 Å². The Hall–Kier alpha value is -3.53. The smallest absolute Gasteiger partial charge is 0.316 e. The van der Waals surface area contributed by atoms with Crippen LogP contribution in [0.2, 0.25) is 0 Å². The van der Waals surface area contributed by atoms with Crippen molar-refractivity contribution in [2.75, 3.05) is 11.5 Å². The fourth-order valence-electron chi connectivity index (χ4n) is 2.45. The average molecular weight is 444 g/mol. The Kier molecular flexibility index (Phi) is 7.50. The van der Waals surface area contributed by atoms with E-state index >= 15 is 0 Å². The fraction of sp³-hybridized carbons (Fsp3) is 0.143. The summed E-state index contributed by atoms with van der Waals surface area (Å²) in [6.07, 6.45) is 1.24. The van der Waals surface area contributed by atoms with Gasteiger partial charge in [-0.2, -0.15) is 0 Å². The molecule has 7 nitrogen and oxygen atoms in total. The SMILES string of the molecule is Nc1nc(SCC(=O)OCc2ccccc2)ncc1C(=O)NCc1ccc(F)c(F)c1. The van der Waals surface area contributed by atoms with E-state index < -0.39 is 23.5 Å². The number of benzene rings is 2. The van der Waals surface area contributed by atoms with Crippen LogP contribution in [-0.2, 0) is 22.7 Å². The number of nitrogens with two attached hydrogens (primary N) is 1. The molecule has 0 aliphatic rings. The molecule has 0 aliphatic heterocycles. The van der Waals surface area contributed by atoms with Gasteiger partial charge in [0.15, 0.2) is 16.8 Å². The summed E-state index contributed by atoms with van der Waals surface area (Å²) in [7, 11) is 0. The van der Waals surface area contributed by atoms with Gasteiger partial charge < -0.3 is 15.8 Å². The van der Waals surface area contributed by atoms with E-state index in [9.17, 15) is 18.4 Å². The molecule has 0 atom stereocenters. The number of halogens is 2. The van der Waals surface area contributed by atoms with Crippen molar-refractivity contribution in [3.8, 4) is 0 Å². The van der Waals surface area contributed by atoms with Gasteiger partial charge in [0.25, 0.3) is 5.91 Å². The first-order valence-corrected chi connectivity index (χ1v) is 10.1. The van der Waals surface area contributed by atoms with Gasteiger partial charge in [0.05, 0.1) is 11.3 Å². The number of amides is 1. The van der Waals surface area contributed by atoms with Crippen LogP contribution in [0.3, 0.4) is 0 Å². The van der Waals surface area contributed by atoms with E-state index in [1.807, 2.05) is 30.3 Å². The molecule has 2 aromatic carbocycles. The lowest BCUT2D eigenvalue weighted by atomic mass is 10.2. The van der Waals surface area contributed by atoms with Crippen molar-refractivity contribution in [1.29, 1.82) is 0 Å². The van der Waals surface area contributed by atoms with Crippen molar-refractivity contribution < 1.29 is 23.1 Å². The summed E-state index contributed by atoms with van der Waals surface area (Å²) in [5.41, 5.74) is 7.11. The monoisotopic (exact) mass is 444 g/mol. The summed E-state index contributed by atoms with van der Waals surface area (Å²) >= 11 is 1.03. The van der Waals surface area contributed by atoms with E-state index in [2.05, 4.69) is 15.3 Å². The van der Waals surface area contributed by atoms with Gasteiger partial charge >= 0.3 is 5.97 Å². The minimum Gasteiger partial charge on any atom is -0.460 e. The van der Waals surface area contributed by atoms with E-state index in [4.69, 9.17) is 10.5 Å². The maximum Gasteiger partial charge on any atom is 0.316 e. The van der Waals surface area contributed by atoms with Crippen LogP contribution in [0.4, 0.5) is 14.6 Å². The minimum atomic E-state index is -1.00. The van der Waals surface area contributed by atoms with Crippen LogP contribution in [0.15, 0.2) is 59.9 Å². The summed E-state index contributed by atoms with van der Waals surface area (Å²) in [6, 6.07) is 12.6. The van der Waals surface area contributed by atoms with Crippen molar-refractivity contribution in [3.63, 3.8) is 0 Å². The number of esters is 1. The molecule has 3 aromatic rings. The average Bonchev–Trinajstić information content (AvgIpc) is 2.77. The first-order chi connectivity index (χ1) is 14.9. The first-order valence-electron chi connectivity index (χ1n) is 9.09. The van der Waals surface area contributed by atoms with Gasteiger partial charge in [-0.1, -0.05) is 48.2 Å². The minimum absolute atomic E-state index is 0.0199. The van der Waals surface area contributed by atoms with Gasteiger partial charge in [-0.25, -0.2) is 18.7 Å². The van der Waals surface area contributed by atoms with Crippen molar-refractivity contribution in [2.45, 2.75) is 18.3 Å². The maximum absolute atomic E-state index is 13.2. The molecule has 31 heavy (non-hydrogen) atoms. The number of aromatic nitrogens is 2. The van der Waals surface area contributed by atoms with Crippen LogP contribution in [-0.4, -0.2) is 27.6 Å². The van der Waals surface area contributed by atoms with Crippen molar-refractivity contribution in [3.05, 3.63) is 83.1 Å². The molecule has 3 rings (SSSR count). The first kappa shape index (κ1) is 22.2. The van der Waals surface area contributed by atoms with E-state index in [0.717, 1.165) is 29.5 Å². The predicted molar refractivity (Wildman–Crippen MR) is 111 cm³/mol. The lowest BCUT2D eigenvalue weighted by Crippen LogP contribution is -2.24. The third-order valence-corrected chi connectivity index (χ3v) is 4.87. The molecule has 0 unspecified atom stereocenters. The molecule has 0 fully saturated rings. The zero-order chi connectivity index (χ0) is 22.2. The van der Waals surface area contributed by atoms with E-state index in [1.54, 1.807) is 0 Å². The number of carbonyl (C=O) groups is 2. The number of ether oxygens (including phenoxy) is 1. The molecule has 0 aliphatic carbocycles. The summed E-state index contributed by atoms with van der Waals surface area (Å²) in [6.45, 7) is 0.138. The largest absolute Gasteiger partial charge is 0.460 e. The topological polar surface area (TPSA) is 107 Å². The van der Waals surface area contributed by atoms with Crippen LogP contribution in [0.1, 0.15) is 21.5 Å². The standard InChI is InChI=1S/C21H18F2N4O3S/c22-16-7-6-14(8-17(16)23)9-25-20(29)15-10-26-21(27-19(15)24)31-12-18(28)30-11-13-4-2-1-3-5-13/h1-8,10H,9,11-12H2,(H,25,29)(H2,24,26,27). The Labute approximate surface area is 181 Å². The van der Waals surface area contributed by atoms with E-state index in [0.29, 0.717) is 5.56 Å². The Balaban J connectivity index is 1.49. The number of hydrogen-bond acceptors (Lipinski definition) is 7. The highest BCUT2D eigenvalue weighted by molar-refractivity contribution is 7.99. The van der Waals surface area contributed by atoms with Crippen LogP contribution < -0.4 is 11.1 Å². The number of nitrogen functional groups attached to an aromatic ring is 1. The third kappa shape index (κ3) is 6.48. The van der Waals surface area contributed by atoms with Crippen LogP contribution >= 0.6 is 11.8 Å². The van der Waals surface area contributed by atoms with E-state index in [1.165, 1.54) is 12.3 Å². The van der Waals surface area contributed by atoms with Gasteiger partial charge in [-0.3, -0.25) is 9.59 Å². The molecule has 10 heteroatoms. The second-order valence-corrected chi connectivity index (χ2v) is 7.26. The van der Waals surface area contributed by atoms with Gasteiger partial charge in [0.1, 0.15) is 12.4 Å². The molecular weight excluding hydrogens is 426 g/mol. The molecule has 0 spiro atoms. The second kappa shape index (κ2) is 10.5. The summed E-state index contributed by atoms with van der Waals surface area (Å²) in [4.78, 5) is 32.2. The molecule has 0 radical (unpaired) electrons. The van der Waals surface area contributed by atoms with E-state index in [-0.39, 0.29) is 35.4 Å². The zero-order valence-corrected chi connectivity index (χ0v) is 17.0. The number of nitrogens with one attached hydrogen (secondary N) is 1. The molecule has 0 saturated heterocycles. The normalized spacial score (nSPS) is 10.5. The van der Waals surface area contributed by atoms with Crippen LogP contribution in [0, 0.1) is 11.6 Å². The molecular formula is C21H18F2N4O3S. The van der Waals surface area contributed by atoms with Gasteiger partial charge in [-0.05, 0) is 23.3 Å². The molecule has 1 heterocycles. The summed E-state index contributed by atoms with van der Waals surface area (Å²) < 4.78 is 31.4. The molecule has 0 bridgehead atoms. The van der Waals surface area contributed by atoms with Crippen molar-refractivity contribution in [1.82, 2.24) is 15.3 Å². The predicted octanol–water partition coefficient (Wildman–Crippen LogP) is 3.10. The Morgan fingerprint density at radius 3 is 2.55 bits per heavy atom. The number of rotatable bonds is 8. The Morgan fingerprint density at radius 2 is 1.84 bits per heavy atom. The summed E-state index contributed by atoms with van der Waals surface area (Å²) in [5.74, 6) is -3.07. The third-order valence-electron chi connectivity index (χ3n) is 4.04. The Morgan fingerprint density at radius 1 is 1.06 bits per heavy atom. The lowest BCUT2D eigenvalue weighted by Gasteiger charge is -2.08. The Bertz CT molecular complexity index is 1080. The number of hydrogen-bond donors (Lipinski definition) is 2. The number of carbonyl (C=O) groups excluding carboxylic acids is 2. The second-order valence-electron chi connectivity index (χ2n) is 6.32. The molecule has 0 saturated carbocycles. The number of nitrogens with zero attached hydrogens (tertiary/aromatic N) is 2. The molecule has 160 valence electrons. The summed E-state index contributed by atoms with van der Waals surface area (Å²) in [5, 5.41) is 2.75. The molecule has 1 aromatic heterocycles. The quantitative estimate of drug-likeness (QED) is 0.312. The van der Waals surface area contributed by atoms with Crippen molar-refractivity contribution >= 4 is 29.5 Å². The van der Waals surface area contributed by atoms with Gasteiger partial charge in [-0.15, -0.1) is 0 Å². The molecule has 1 amide bonds. The van der Waals surface area contributed by atoms with Crippen molar-refractivity contribution in [2.24, 2.45) is 0 Å². The van der Waals surface area contributed by atoms with Gasteiger partial charge in [0.2, 0.25) is 0 Å². The molecule has 3 N–H and O–H groups in total. The van der Waals surface area contributed by atoms with Crippen LogP contribution in [0.25, 0.3) is 0 Å². The highest BCUT2D eigenvalue weighted by Gasteiger charge is 2.14. The number of anilines is 1. The fourth-order valence-corrected chi connectivity index (χ4v) is 3.07. The highest BCUT2D eigenvalue weighted by Crippen LogP contribution is 2.17. The zero-order valence-electron chi connectivity index (χ0n) is 16.2.